The second kappa shape index (κ2) is 7.79. The highest BCUT2D eigenvalue weighted by Crippen LogP contribution is 2.26. The molecular formula is C22H21N3O. The number of hydrogen-bond acceptors (Lipinski definition) is 3. The number of nitriles is 1. The highest BCUT2D eigenvalue weighted by molar-refractivity contribution is 6.07. The van der Waals surface area contributed by atoms with E-state index in [2.05, 4.69) is 6.07 Å². The Balaban J connectivity index is 2.12. The van der Waals surface area contributed by atoms with Gasteiger partial charge in [0.05, 0.1) is 28.8 Å². The van der Waals surface area contributed by atoms with Crippen LogP contribution in [0.1, 0.15) is 24.2 Å². The Morgan fingerprint density at radius 3 is 2.54 bits per heavy atom. The lowest BCUT2D eigenvalue weighted by molar-refractivity contribution is 0.0754. The highest BCUT2D eigenvalue weighted by Gasteiger charge is 2.20. The maximum atomic E-state index is 13.2. The minimum atomic E-state index is -0.208. The number of rotatable bonds is 5. The van der Waals surface area contributed by atoms with E-state index in [1.165, 1.54) is 0 Å². The van der Waals surface area contributed by atoms with E-state index in [0.717, 1.165) is 22.2 Å². The number of amides is 1. The Morgan fingerprint density at radius 2 is 1.85 bits per heavy atom. The number of para-hydroxylation sites is 1. The lowest BCUT2D eigenvalue weighted by Gasteiger charge is -2.23. The van der Waals surface area contributed by atoms with Gasteiger partial charge in [0.2, 0.25) is 0 Å². The van der Waals surface area contributed by atoms with Crippen molar-refractivity contribution in [3.63, 3.8) is 0 Å². The van der Waals surface area contributed by atoms with E-state index in [1.807, 2.05) is 74.5 Å². The summed E-state index contributed by atoms with van der Waals surface area (Å²) in [6.07, 6.45) is 0. The monoisotopic (exact) mass is 343 g/mol. The van der Waals surface area contributed by atoms with Crippen LogP contribution in [0.5, 0.6) is 0 Å². The van der Waals surface area contributed by atoms with Gasteiger partial charge in [0.15, 0.2) is 0 Å². The normalized spacial score (nSPS) is 11.7. The SMILES string of the molecule is CCN(CC(C)C#N)C(=O)c1cc(-c2ccccc2)nc2ccccc12. The quantitative estimate of drug-likeness (QED) is 0.684. The van der Waals surface area contributed by atoms with Gasteiger partial charge in [-0.3, -0.25) is 4.79 Å². The van der Waals surface area contributed by atoms with Crippen LogP contribution in [0.3, 0.4) is 0 Å². The number of benzene rings is 2. The topological polar surface area (TPSA) is 57.0 Å². The molecule has 4 heteroatoms. The van der Waals surface area contributed by atoms with Crippen molar-refractivity contribution in [1.29, 1.82) is 5.26 Å². The van der Waals surface area contributed by atoms with Crippen LogP contribution < -0.4 is 0 Å². The van der Waals surface area contributed by atoms with Crippen molar-refractivity contribution in [1.82, 2.24) is 9.88 Å². The van der Waals surface area contributed by atoms with Gasteiger partial charge in [-0.2, -0.15) is 5.26 Å². The maximum Gasteiger partial charge on any atom is 0.254 e. The van der Waals surface area contributed by atoms with E-state index in [4.69, 9.17) is 10.2 Å². The van der Waals surface area contributed by atoms with Crippen molar-refractivity contribution in [3.05, 3.63) is 66.2 Å². The largest absolute Gasteiger partial charge is 0.338 e. The number of carbonyl (C=O) groups excluding carboxylic acids is 1. The summed E-state index contributed by atoms with van der Waals surface area (Å²) in [6.45, 7) is 4.74. The van der Waals surface area contributed by atoms with Gasteiger partial charge in [-0.15, -0.1) is 0 Å². The summed E-state index contributed by atoms with van der Waals surface area (Å²) in [5.74, 6) is -0.272. The summed E-state index contributed by atoms with van der Waals surface area (Å²) < 4.78 is 0. The Bertz CT molecular complexity index is 960. The molecule has 0 saturated heterocycles. The Hall–Kier alpha value is -3.19. The molecule has 26 heavy (non-hydrogen) atoms. The van der Waals surface area contributed by atoms with Gasteiger partial charge < -0.3 is 4.90 Å². The third kappa shape index (κ3) is 3.57. The highest BCUT2D eigenvalue weighted by atomic mass is 16.2. The summed E-state index contributed by atoms with van der Waals surface area (Å²) in [5.41, 5.74) is 3.17. The third-order valence-electron chi connectivity index (χ3n) is 4.40. The van der Waals surface area contributed by atoms with Crippen molar-refractivity contribution >= 4 is 16.8 Å². The molecule has 0 bridgehead atoms. The molecule has 0 spiro atoms. The zero-order chi connectivity index (χ0) is 18.5. The van der Waals surface area contributed by atoms with Crippen LogP contribution in [0.2, 0.25) is 0 Å². The predicted octanol–water partition coefficient (Wildman–Crippen LogP) is 4.52. The van der Waals surface area contributed by atoms with Gasteiger partial charge in [-0.1, -0.05) is 48.5 Å². The fraction of sp³-hybridized carbons (Fsp3) is 0.227. The van der Waals surface area contributed by atoms with Gasteiger partial charge in [0.25, 0.3) is 5.91 Å². The number of nitrogens with zero attached hydrogens (tertiary/aromatic N) is 3. The molecule has 0 N–H and O–H groups in total. The maximum absolute atomic E-state index is 13.2. The first-order valence-electron chi connectivity index (χ1n) is 8.78. The molecule has 0 saturated carbocycles. The Labute approximate surface area is 153 Å². The number of aromatic nitrogens is 1. The summed E-state index contributed by atoms with van der Waals surface area (Å²) in [7, 11) is 0. The molecular weight excluding hydrogens is 322 g/mol. The van der Waals surface area contributed by atoms with Gasteiger partial charge in [-0.25, -0.2) is 4.98 Å². The molecule has 1 amide bonds. The Morgan fingerprint density at radius 1 is 1.15 bits per heavy atom. The molecule has 1 heterocycles. The average molecular weight is 343 g/mol. The van der Waals surface area contributed by atoms with E-state index in [-0.39, 0.29) is 11.8 Å². The molecule has 3 aromatic rings. The average Bonchev–Trinajstić information content (AvgIpc) is 2.71. The van der Waals surface area contributed by atoms with E-state index >= 15 is 0 Å². The molecule has 0 aliphatic carbocycles. The van der Waals surface area contributed by atoms with E-state index < -0.39 is 0 Å². The smallest absolute Gasteiger partial charge is 0.254 e. The molecule has 0 radical (unpaired) electrons. The molecule has 130 valence electrons. The molecule has 0 aliphatic heterocycles. The van der Waals surface area contributed by atoms with E-state index in [1.54, 1.807) is 4.90 Å². The molecule has 1 atom stereocenters. The standard InChI is InChI=1S/C22H21N3O/c1-3-25(15-16(2)14-23)22(26)19-13-21(17-9-5-4-6-10-17)24-20-12-8-7-11-18(19)20/h4-13,16H,3,15H2,1-2H3. The van der Waals surface area contributed by atoms with Crippen LogP contribution in [0.4, 0.5) is 0 Å². The van der Waals surface area contributed by atoms with Gasteiger partial charge >= 0.3 is 0 Å². The van der Waals surface area contributed by atoms with E-state index in [9.17, 15) is 4.79 Å². The van der Waals surface area contributed by atoms with Crippen LogP contribution in [0.15, 0.2) is 60.7 Å². The molecule has 1 aromatic heterocycles. The zero-order valence-corrected chi connectivity index (χ0v) is 15.0. The second-order valence-electron chi connectivity index (χ2n) is 6.31. The summed E-state index contributed by atoms with van der Waals surface area (Å²) in [5, 5.41) is 9.93. The molecule has 3 rings (SSSR count). The third-order valence-corrected chi connectivity index (χ3v) is 4.40. The van der Waals surface area contributed by atoms with Crippen molar-refractivity contribution in [2.75, 3.05) is 13.1 Å². The van der Waals surface area contributed by atoms with Crippen molar-refractivity contribution in [2.45, 2.75) is 13.8 Å². The first-order valence-corrected chi connectivity index (χ1v) is 8.78. The molecule has 2 aromatic carbocycles. The van der Waals surface area contributed by atoms with Crippen molar-refractivity contribution < 1.29 is 4.79 Å². The van der Waals surface area contributed by atoms with Gasteiger partial charge in [0.1, 0.15) is 0 Å². The van der Waals surface area contributed by atoms with Crippen LogP contribution in [0, 0.1) is 17.2 Å². The van der Waals surface area contributed by atoms with Crippen LogP contribution in [-0.4, -0.2) is 28.9 Å². The lowest BCUT2D eigenvalue weighted by Crippen LogP contribution is -2.34. The first kappa shape index (κ1) is 17.6. The minimum Gasteiger partial charge on any atom is -0.338 e. The number of carbonyl (C=O) groups is 1. The number of hydrogen-bond donors (Lipinski definition) is 0. The van der Waals surface area contributed by atoms with Crippen molar-refractivity contribution in [2.24, 2.45) is 5.92 Å². The molecule has 0 aliphatic rings. The number of pyridine rings is 1. The fourth-order valence-electron chi connectivity index (χ4n) is 3.01. The summed E-state index contributed by atoms with van der Waals surface area (Å²) in [6, 6.07) is 21.6. The van der Waals surface area contributed by atoms with Crippen LogP contribution in [-0.2, 0) is 0 Å². The summed E-state index contributed by atoms with van der Waals surface area (Å²) in [4.78, 5) is 19.7. The van der Waals surface area contributed by atoms with Crippen molar-refractivity contribution in [3.8, 4) is 17.3 Å². The zero-order valence-electron chi connectivity index (χ0n) is 15.0. The predicted molar refractivity (Wildman–Crippen MR) is 104 cm³/mol. The van der Waals surface area contributed by atoms with Gasteiger partial charge in [-0.05, 0) is 26.0 Å². The molecule has 0 fully saturated rings. The van der Waals surface area contributed by atoms with Crippen LogP contribution >= 0.6 is 0 Å². The summed E-state index contributed by atoms with van der Waals surface area (Å²) >= 11 is 0. The van der Waals surface area contributed by atoms with E-state index in [0.29, 0.717) is 18.7 Å². The fourth-order valence-corrected chi connectivity index (χ4v) is 3.01. The molecule has 4 nitrogen and oxygen atoms in total. The minimum absolute atomic E-state index is 0.0645. The molecule has 1 unspecified atom stereocenters. The Kier molecular flexibility index (Phi) is 5.28. The second-order valence-corrected chi connectivity index (χ2v) is 6.31. The first-order chi connectivity index (χ1) is 12.6. The number of fused-ring (bicyclic) bond motifs is 1. The van der Waals surface area contributed by atoms with Crippen LogP contribution in [0.25, 0.3) is 22.2 Å². The van der Waals surface area contributed by atoms with Gasteiger partial charge in [0, 0.05) is 24.0 Å². The lowest BCUT2D eigenvalue weighted by atomic mass is 10.0.